The molecule has 1 aliphatic carbocycles. The number of hydrogen-bond donors (Lipinski definition) is 2. The minimum atomic E-state index is -0.110. The van der Waals surface area contributed by atoms with E-state index in [9.17, 15) is 5.11 Å². The monoisotopic (exact) mass is 336 g/mol. The molecular formula is C19H29ClN2O. The molecule has 128 valence electrons. The summed E-state index contributed by atoms with van der Waals surface area (Å²) >= 11 is 5.96. The average molecular weight is 337 g/mol. The third-order valence-corrected chi connectivity index (χ3v) is 5.80. The third kappa shape index (κ3) is 4.48. The van der Waals surface area contributed by atoms with Crippen LogP contribution in [0.25, 0.3) is 0 Å². The van der Waals surface area contributed by atoms with Crippen LogP contribution in [0.2, 0.25) is 5.02 Å². The van der Waals surface area contributed by atoms with Gasteiger partial charge in [-0.3, -0.25) is 4.90 Å². The van der Waals surface area contributed by atoms with Crippen LogP contribution >= 0.6 is 11.6 Å². The van der Waals surface area contributed by atoms with E-state index in [4.69, 9.17) is 11.6 Å². The highest BCUT2D eigenvalue weighted by atomic mass is 35.5. The normalized spacial score (nSPS) is 28.7. The summed E-state index contributed by atoms with van der Waals surface area (Å²) in [6, 6.07) is 9.45. The molecule has 23 heavy (non-hydrogen) atoms. The Morgan fingerprint density at radius 2 is 1.74 bits per heavy atom. The zero-order valence-corrected chi connectivity index (χ0v) is 14.8. The van der Waals surface area contributed by atoms with E-state index in [-0.39, 0.29) is 6.10 Å². The Morgan fingerprint density at radius 1 is 1.09 bits per heavy atom. The van der Waals surface area contributed by atoms with E-state index in [0.717, 1.165) is 24.5 Å². The fourth-order valence-corrected chi connectivity index (χ4v) is 4.24. The molecule has 1 aliphatic heterocycles. The smallest absolute Gasteiger partial charge is 0.0695 e. The summed E-state index contributed by atoms with van der Waals surface area (Å²) in [5.74, 6) is 0. The van der Waals surface area contributed by atoms with Crippen LogP contribution in [0.5, 0.6) is 0 Å². The fourth-order valence-electron chi connectivity index (χ4n) is 4.12. The van der Waals surface area contributed by atoms with E-state index >= 15 is 0 Å². The Balaban J connectivity index is 1.48. The third-order valence-electron chi connectivity index (χ3n) is 5.55. The van der Waals surface area contributed by atoms with E-state index in [1.54, 1.807) is 0 Å². The molecule has 2 fully saturated rings. The number of likely N-dealkylation sites (tertiary alicyclic amines) is 1. The number of nitrogens with one attached hydrogen (secondary N) is 1. The van der Waals surface area contributed by atoms with E-state index in [2.05, 4.69) is 29.3 Å². The maximum absolute atomic E-state index is 10.2. The number of halogens is 1. The Labute approximate surface area is 145 Å². The molecule has 3 unspecified atom stereocenters. The standard InChI is InChI=1S/C19H29ClN2O/c1-14(15-6-8-16(20)9-7-15)21-17-10-12-22(13-11-17)18-4-2-3-5-19(18)23/h6-9,14,17-19,21,23H,2-5,10-13H2,1H3. The van der Waals surface area contributed by atoms with Crippen LogP contribution in [0.1, 0.15) is 57.1 Å². The van der Waals surface area contributed by atoms with Crippen molar-refractivity contribution in [3.05, 3.63) is 34.9 Å². The summed E-state index contributed by atoms with van der Waals surface area (Å²) in [4.78, 5) is 2.52. The Hall–Kier alpha value is -0.610. The molecule has 4 heteroatoms. The van der Waals surface area contributed by atoms with Crippen LogP contribution < -0.4 is 5.32 Å². The van der Waals surface area contributed by atoms with Crippen molar-refractivity contribution < 1.29 is 5.11 Å². The highest BCUT2D eigenvalue weighted by Crippen LogP contribution is 2.26. The predicted octanol–water partition coefficient (Wildman–Crippen LogP) is 3.76. The average Bonchev–Trinajstić information content (AvgIpc) is 2.57. The highest BCUT2D eigenvalue weighted by molar-refractivity contribution is 6.30. The summed E-state index contributed by atoms with van der Waals surface area (Å²) in [5, 5.41) is 14.8. The van der Waals surface area contributed by atoms with E-state index in [1.165, 1.54) is 37.7 Å². The van der Waals surface area contributed by atoms with Gasteiger partial charge in [0.25, 0.3) is 0 Å². The number of rotatable bonds is 4. The molecule has 2 N–H and O–H groups in total. The van der Waals surface area contributed by atoms with Crippen molar-refractivity contribution in [2.24, 2.45) is 0 Å². The molecule has 1 saturated heterocycles. The van der Waals surface area contributed by atoms with Crippen molar-refractivity contribution in [2.75, 3.05) is 13.1 Å². The zero-order valence-electron chi connectivity index (χ0n) is 14.0. The lowest BCUT2D eigenvalue weighted by Gasteiger charge is -2.42. The first kappa shape index (κ1) is 17.2. The molecule has 0 spiro atoms. The number of hydrogen-bond acceptors (Lipinski definition) is 3. The summed E-state index contributed by atoms with van der Waals surface area (Å²) in [6.07, 6.45) is 6.84. The van der Waals surface area contributed by atoms with Gasteiger partial charge in [-0.25, -0.2) is 0 Å². The molecule has 2 aliphatic rings. The van der Waals surface area contributed by atoms with Gasteiger partial charge in [0, 0.05) is 36.2 Å². The quantitative estimate of drug-likeness (QED) is 0.878. The Morgan fingerprint density at radius 3 is 2.39 bits per heavy atom. The van der Waals surface area contributed by atoms with Gasteiger partial charge in [0.15, 0.2) is 0 Å². The van der Waals surface area contributed by atoms with Gasteiger partial charge in [-0.15, -0.1) is 0 Å². The van der Waals surface area contributed by atoms with E-state index in [1.807, 2.05) is 12.1 Å². The second-order valence-corrected chi connectivity index (χ2v) is 7.61. The molecule has 1 aromatic rings. The second-order valence-electron chi connectivity index (χ2n) is 7.17. The van der Waals surface area contributed by atoms with Gasteiger partial charge in [-0.2, -0.15) is 0 Å². The van der Waals surface area contributed by atoms with Crippen molar-refractivity contribution in [1.82, 2.24) is 10.2 Å². The highest BCUT2D eigenvalue weighted by Gasteiger charge is 2.31. The van der Waals surface area contributed by atoms with Crippen LogP contribution in [-0.2, 0) is 0 Å². The largest absolute Gasteiger partial charge is 0.391 e. The molecular weight excluding hydrogens is 308 g/mol. The minimum Gasteiger partial charge on any atom is -0.391 e. The number of nitrogens with zero attached hydrogens (tertiary/aromatic N) is 1. The van der Waals surface area contributed by atoms with Crippen LogP contribution in [-0.4, -0.2) is 41.3 Å². The lowest BCUT2D eigenvalue weighted by molar-refractivity contribution is 0.00671. The molecule has 3 atom stereocenters. The maximum atomic E-state index is 10.2. The first-order valence-electron chi connectivity index (χ1n) is 9.07. The van der Waals surface area contributed by atoms with Crippen LogP contribution in [0.3, 0.4) is 0 Å². The number of piperidine rings is 1. The van der Waals surface area contributed by atoms with Crippen molar-refractivity contribution in [3.8, 4) is 0 Å². The molecule has 0 bridgehead atoms. The van der Waals surface area contributed by atoms with Crippen LogP contribution in [0.4, 0.5) is 0 Å². The lowest BCUT2D eigenvalue weighted by atomic mass is 9.89. The summed E-state index contributed by atoms with van der Waals surface area (Å²) in [5.41, 5.74) is 1.29. The topological polar surface area (TPSA) is 35.5 Å². The zero-order chi connectivity index (χ0) is 16.2. The number of benzene rings is 1. The molecule has 1 saturated carbocycles. The predicted molar refractivity (Wildman–Crippen MR) is 95.9 cm³/mol. The SMILES string of the molecule is CC(NC1CCN(C2CCCCC2O)CC1)c1ccc(Cl)cc1. The molecule has 1 heterocycles. The van der Waals surface area contributed by atoms with Crippen LogP contribution in [0, 0.1) is 0 Å². The van der Waals surface area contributed by atoms with Gasteiger partial charge in [-0.05, 0) is 50.3 Å². The van der Waals surface area contributed by atoms with Gasteiger partial charge in [-0.1, -0.05) is 36.6 Å². The van der Waals surface area contributed by atoms with E-state index < -0.39 is 0 Å². The van der Waals surface area contributed by atoms with E-state index in [0.29, 0.717) is 18.1 Å². The lowest BCUT2D eigenvalue weighted by Crippen LogP contribution is -2.51. The molecule has 1 aromatic carbocycles. The minimum absolute atomic E-state index is 0.110. The summed E-state index contributed by atoms with van der Waals surface area (Å²) in [7, 11) is 0. The molecule has 3 nitrogen and oxygen atoms in total. The second kappa shape index (κ2) is 7.98. The molecule has 3 rings (SSSR count). The Bertz CT molecular complexity index is 485. The number of aliphatic hydroxyl groups excluding tert-OH is 1. The van der Waals surface area contributed by atoms with Gasteiger partial charge in [0.1, 0.15) is 0 Å². The van der Waals surface area contributed by atoms with Crippen molar-refractivity contribution in [1.29, 1.82) is 0 Å². The summed E-state index contributed by atoms with van der Waals surface area (Å²) < 4.78 is 0. The molecule has 0 aromatic heterocycles. The molecule has 0 radical (unpaired) electrons. The van der Waals surface area contributed by atoms with Gasteiger partial charge in [0.2, 0.25) is 0 Å². The van der Waals surface area contributed by atoms with Crippen molar-refractivity contribution in [3.63, 3.8) is 0 Å². The van der Waals surface area contributed by atoms with Gasteiger partial charge < -0.3 is 10.4 Å². The van der Waals surface area contributed by atoms with Crippen LogP contribution in [0.15, 0.2) is 24.3 Å². The Kier molecular flexibility index (Phi) is 5.97. The van der Waals surface area contributed by atoms with Crippen molar-refractivity contribution in [2.45, 2.75) is 69.7 Å². The maximum Gasteiger partial charge on any atom is 0.0695 e. The fraction of sp³-hybridized carbons (Fsp3) is 0.684. The van der Waals surface area contributed by atoms with Crippen molar-refractivity contribution >= 4 is 11.6 Å². The summed E-state index contributed by atoms with van der Waals surface area (Å²) in [6.45, 7) is 4.43. The first-order chi connectivity index (χ1) is 11.1. The molecule has 0 amide bonds. The van der Waals surface area contributed by atoms with Gasteiger partial charge >= 0.3 is 0 Å². The number of aliphatic hydroxyl groups is 1. The first-order valence-corrected chi connectivity index (χ1v) is 9.45. The van der Waals surface area contributed by atoms with Gasteiger partial charge in [0.05, 0.1) is 6.10 Å².